The monoisotopic (exact) mass is 213 g/mol. The first-order valence-electron chi connectivity index (χ1n) is 6.05. The first-order valence-corrected chi connectivity index (χ1v) is 6.05. The molecule has 0 radical (unpaired) electrons. The van der Waals surface area contributed by atoms with Gasteiger partial charge in [0, 0.05) is 0 Å². The molecule has 0 aromatic rings. The predicted molar refractivity (Wildman–Crippen MR) is 60.4 cm³/mol. The second kappa shape index (κ2) is 6.11. The molecule has 1 rings (SSSR count). The Morgan fingerprint density at radius 1 is 1.33 bits per heavy atom. The summed E-state index contributed by atoms with van der Waals surface area (Å²) < 4.78 is 5.39. The van der Waals surface area contributed by atoms with Crippen LogP contribution < -0.4 is 5.73 Å². The van der Waals surface area contributed by atoms with Crippen molar-refractivity contribution in [2.45, 2.75) is 64.5 Å². The lowest BCUT2D eigenvalue weighted by Gasteiger charge is -2.23. The van der Waals surface area contributed by atoms with E-state index in [-0.39, 0.29) is 12.1 Å². The Hall–Kier alpha value is -0.570. The molecule has 0 heterocycles. The second-order valence-electron chi connectivity index (χ2n) is 4.93. The summed E-state index contributed by atoms with van der Waals surface area (Å²) in [6, 6.07) is -0.438. The van der Waals surface area contributed by atoms with Gasteiger partial charge in [-0.3, -0.25) is 4.79 Å². The summed E-state index contributed by atoms with van der Waals surface area (Å²) in [6.07, 6.45) is 6.50. The molecule has 0 aliphatic heterocycles. The number of carbonyl (C=O) groups excluding carboxylic acids is 1. The van der Waals surface area contributed by atoms with Crippen LogP contribution in [-0.4, -0.2) is 18.1 Å². The molecule has 0 aromatic carbocycles. The summed E-state index contributed by atoms with van der Waals surface area (Å²) in [5.74, 6) is 0.231. The smallest absolute Gasteiger partial charge is 0.323 e. The summed E-state index contributed by atoms with van der Waals surface area (Å²) in [4.78, 5) is 11.6. The first kappa shape index (κ1) is 12.5. The number of esters is 1. The maximum Gasteiger partial charge on any atom is 0.323 e. The van der Waals surface area contributed by atoms with Crippen LogP contribution in [0.2, 0.25) is 0 Å². The van der Waals surface area contributed by atoms with Crippen LogP contribution in [0.3, 0.4) is 0 Å². The average molecular weight is 213 g/mol. The van der Waals surface area contributed by atoms with Gasteiger partial charge in [-0.1, -0.05) is 20.3 Å². The van der Waals surface area contributed by atoms with Crippen LogP contribution in [0.5, 0.6) is 0 Å². The van der Waals surface area contributed by atoms with Crippen molar-refractivity contribution in [3.05, 3.63) is 0 Å². The van der Waals surface area contributed by atoms with Crippen molar-refractivity contribution in [2.24, 2.45) is 11.7 Å². The molecule has 0 amide bonds. The van der Waals surface area contributed by atoms with E-state index in [9.17, 15) is 4.79 Å². The summed E-state index contributed by atoms with van der Waals surface area (Å²) in [7, 11) is 0. The van der Waals surface area contributed by atoms with Crippen molar-refractivity contribution in [3.8, 4) is 0 Å². The summed E-state index contributed by atoms with van der Waals surface area (Å²) in [5.41, 5.74) is 5.76. The van der Waals surface area contributed by atoms with Crippen LogP contribution >= 0.6 is 0 Å². The van der Waals surface area contributed by atoms with Gasteiger partial charge in [0.25, 0.3) is 0 Å². The van der Waals surface area contributed by atoms with Gasteiger partial charge in [-0.05, 0) is 38.0 Å². The SMILES string of the molecule is CC(C)CC(N)C(=O)OC1CCCCC1. The standard InChI is InChI=1S/C12H23NO2/c1-9(2)8-11(13)12(14)15-10-6-4-3-5-7-10/h9-11H,3-8,13H2,1-2H3. The quantitative estimate of drug-likeness (QED) is 0.729. The molecule has 0 aromatic heterocycles. The van der Waals surface area contributed by atoms with Crippen molar-refractivity contribution in [1.82, 2.24) is 0 Å². The lowest BCUT2D eigenvalue weighted by atomic mass is 9.97. The Kier molecular flexibility index (Phi) is 5.09. The molecular weight excluding hydrogens is 190 g/mol. The maximum atomic E-state index is 11.6. The van der Waals surface area contributed by atoms with E-state index in [0.29, 0.717) is 12.3 Å². The fourth-order valence-electron chi connectivity index (χ4n) is 2.04. The topological polar surface area (TPSA) is 52.3 Å². The van der Waals surface area contributed by atoms with E-state index in [4.69, 9.17) is 10.5 Å². The number of nitrogens with two attached hydrogens (primary N) is 1. The third kappa shape index (κ3) is 4.65. The minimum Gasteiger partial charge on any atom is -0.461 e. The molecule has 1 saturated carbocycles. The first-order chi connectivity index (χ1) is 7.09. The van der Waals surface area contributed by atoms with Crippen molar-refractivity contribution >= 4 is 5.97 Å². The van der Waals surface area contributed by atoms with Gasteiger partial charge in [-0.25, -0.2) is 0 Å². The molecule has 1 fully saturated rings. The van der Waals surface area contributed by atoms with E-state index in [0.717, 1.165) is 12.8 Å². The highest BCUT2D eigenvalue weighted by Gasteiger charge is 2.22. The van der Waals surface area contributed by atoms with E-state index in [1.807, 2.05) is 0 Å². The van der Waals surface area contributed by atoms with E-state index in [2.05, 4.69) is 13.8 Å². The van der Waals surface area contributed by atoms with Crippen molar-refractivity contribution < 1.29 is 9.53 Å². The average Bonchev–Trinajstić information content (AvgIpc) is 2.18. The molecule has 2 N–H and O–H groups in total. The van der Waals surface area contributed by atoms with Crippen LogP contribution in [0, 0.1) is 5.92 Å². The Labute approximate surface area is 92.4 Å². The number of rotatable bonds is 4. The molecule has 1 aliphatic carbocycles. The molecule has 1 aliphatic rings. The van der Waals surface area contributed by atoms with E-state index in [1.165, 1.54) is 19.3 Å². The molecule has 0 spiro atoms. The zero-order chi connectivity index (χ0) is 11.3. The van der Waals surface area contributed by atoms with Gasteiger partial charge in [-0.2, -0.15) is 0 Å². The van der Waals surface area contributed by atoms with Gasteiger partial charge in [-0.15, -0.1) is 0 Å². The minimum absolute atomic E-state index is 0.129. The number of hydrogen-bond donors (Lipinski definition) is 1. The Bertz CT molecular complexity index is 198. The lowest BCUT2D eigenvalue weighted by Crippen LogP contribution is -2.36. The van der Waals surface area contributed by atoms with E-state index in [1.54, 1.807) is 0 Å². The largest absolute Gasteiger partial charge is 0.461 e. The third-order valence-corrected chi connectivity index (χ3v) is 2.86. The molecule has 1 unspecified atom stereocenters. The normalized spacial score (nSPS) is 20.3. The zero-order valence-electron chi connectivity index (χ0n) is 9.87. The lowest BCUT2D eigenvalue weighted by molar-refractivity contribution is -0.152. The van der Waals surface area contributed by atoms with E-state index >= 15 is 0 Å². The minimum atomic E-state index is -0.438. The van der Waals surface area contributed by atoms with Crippen LogP contribution in [0.4, 0.5) is 0 Å². The van der Waals surface area contributed by atoms with Crippen LogP contribution in [0.15, 0.2) is 0 Å². The fourth-order valence-corrected chi connectivity index (χ4v) is 2.04. The van der Waals surface area contributed by atoms with Crippen LogP contribution in [0.1, 0.15) is 52.4 Å². The van der Waals surface area contributed by atoms with Gasteiger partial charge in [0.15, 0.2) is 0 Å². The second-order valence-corrected chi connectivity index (χ2v) is 4.93. The van der Waals surface area contributed by atoms with E-state index < -0.39 is 6.04 Å². The number of ether oxygens (including phenoxy) is 1. The zero-order valence-corrected chi connectivity index (χ0v) is 9.87. The van der Waals surface area contributed by atoms with Crippen LogP contribution in [-0.2, 0) is 9.53 Å². The van der Waals surface area contributed by atoms with Crippen LogP contribution in [0.25, 0.3) is 0 Å². The summed E-state index contributed by atoms with van der Waals surface area (Å²) in [6.45, 7) is 4.13. The molecule has 3 nitrogen and oxygen atoms in total. The summed E-state index contributed by atoms with van der Waals surface area (Å²) >= 11 is 0. The Morgan fingerprint density at radius 2 is 1.93 bits per heavy atom. The van der Waals surface area contributed by atoms with Gasteiger partial charge < -0.3 is 10.5 Å². The highest BCUT2D eigenvalue weighted by atomic mass is 16.5. The number of carbonyl (C=O) groups is 1. The van der Waals surface area contributed by atoms with Gasteiger partial charge >= 0.3 is 5.97 Å². The van der Waals surface area contributed by atoms with Crippen molar-refractivity contribution in [3.63, 3.8) is 0 Å². The highest BCUT2D eigenvalue weighted by Crippen LogP contribution is 2.21. The maximum absolute atomic E-state index is 11.6. The van der Waals surface area contributed by atoms with Crippen molar-refractivity contribution in [1.29, 1.82) is 0 Å². The Balaban J connectivity index is 2.27. The predicted octanol–water partition coefficient (Wildman–Crippen LogP) is 2.24. The molecule has 3 heteroatoms. The molecule has 15 heavy (non-hydrogen) atoms. The molecule has 0 bridgehead atoms. The summed E-state index contributed by atoms with van der Waals surface area (Å²) in [5, 5.41) is 0. The van der Waals surface area contributed by atoms with Gasteiger partial charge in [0.05, 0.1) is 0 Å². The van der Waals surface area contributed by atoms with Crippen molar-refractivity contribution in [2.75, 3.05) is 0 Å². The number of hydrogen-bond acceptors (Lipinski definition) is 3. The molecule has 1 atom stereocenters. The van der Waals surface area contributed by atoms with Gasteiger partial charge in [0.1, 0.15) is 12.1 Å². The molecule has 0 saturated heterocycles. The third-order valence-electron chi connectivity index (χ3n) is 2.86. The molecular formula is C12H23NO2. The molecule has 88 valence electrons. The van der Waals surface area contributed by atoms with Gasteiger partial charge in [0.2, 0.25) is 0 Å². The fraction of sp³-hybridized carbons (Fsp3) is 0.917. The Morgan fingerprint density at radius 3 is 2.47 bits per heavy atom. The highest BCUT2D eigenvalue weighted by molar-refractivity contribution is 5.75.